The van der Waals surface area contributed by atoms with E-state index in [4.69, 9.17) is 0 Å². The quantitative estimate of drug-likeness (QED) is 0.227. The normalized spacial score (nSPS) is 12.9. The first-order valence-electron chi connectivity index (χ1n) is 11.4. The molecule has 0 fully saturated rings. The third-order valence-corrected chi connectivity index (χ3v) is 5.97. The van der Waals surface area contributed by atoms with Gasteiger partial charge in [0, 0.05) is 25.3 Å². The molecule has 8 heteroatoms. The molecule has 5 rings (SSSR count). The number of allylic oxidation sites excluding steroid dienone is 1. The summed E-state index contributed by atoms with van der Waals surface area (Å²) < 4.78 is 1.55. The van der Waals surface area contributed by atoms with Gasteiger partial charge in [-0.15, -0.1) is 5.10 Å². The number of nitrogens with zero attached hydrogens (tertiary/aromatic N) is 5. The lowest BCUT2D eigenvalue weighted by Crippen LogP contribution is -2.29. The maximum Gasteiger partial charge on any atom is 0.299 e. The Morgan fingerprint density at radius 2 is 1.75 bits per heavy atom. The Labute approximate surface area is 208 Å². The first-order chi connectivity index (χ1) is 17.4. The van der Waals surface area contributed by atoms with Crippen molar-refractivity contribution in [3.05, 3.63) is 107 Å². The second-order valence-electron chi connectivity index (χ2n) is 8.63. The van der Waals surface area contributed by atoms with Gasteiger partial charge in [0.25, 0.3) is 11.7 Å². The number of hydrogen-bond donors (Lipinski definition) is 0. The molecule has 0 bridgehead atoms. The molecule has 2 heterocycles. The van der Waals surface area contributed by atoms with E-state index in [2.05, 4.69) is 10.3 Å². The maximum absolute atomic E-state index is 12.8. The van der Waals surface area contributed by atoms with E-state index in [0.29, 0.717) is 28.2 Å². The molecule has 0 saturated heterocycles. The standard InChI is InChI=1S/C28H23N5O3/c1-31(2)22-13-10-19(11-14-22)12-15-26(34)20-6-5-7-23(16-20)33-18-21(29-30-33)17-32-25-9-4-3-8-24(25)27(35)28(32)36/h3-16,18H,17H2,1-2H3/b15-12+. The van der Waals surface area contributed by atoms with Crippen LogP contribution in [0.25, 0.3) is 11.8 Å². The number of fused-ring (bicyclic) bond motifs is 1. The first-order valence-corrected chi connectivity index (χ1v) is 11.4. The number of para-hydroxylation sites is 1. The number of carbonyl (C=O) groups excluding carboxylic acids is 3. The summed E-state index contributed by atoms with van der Waals surface area (Å²) in [6.45, 7) is 0.121. The lowest BCUT2D eigenvalue weighted by atomic mass is 10.1. The minimum atomic E-state index is -0.582. The molecule has 1 amide bonds. The van der Waals surface area contributed by atoms with Crippen LogP contribution in [0.15, 0.2) is 85.1 Å². The number of benzene rings is 3. The van der Waals surface area contributed by atoms with Gasteiger partial charge in [-0.25, -0.2) is 4.68 Å². The lowest BCUT2D eigenvalue weighted by molar-refractivity contribution is -0.114. The summed E-state index contributed by atoms with van der Waals surface area (Å²) in [7, 11) is 3.96. The average Bonchev–Trinajstić information content (AvgIpc) is 3.47. The van der Waals surface area contributed by atoms with Crippen LogP contribution in [-0.2, 0) is 11.3 Å². The van der Waals surface area contributed by atoms with Gasteiger partial charge in [-0.2, -0.15) is 0 Å². The molecular weight excluding hydrogens is 454 g/mol. The molecule has 178 valence electrons. The minimum Gasteiger partial charge on any atom is -0.378 e. The number of carbonyl (C=O) groups is 3. The third-order valence-electron chi connectivity index (χ3n) is 5.97. The van der Waals surface area contributed by atoms with Crippen molar-refractivity contribution in [1.82, 2.24) is 15.0 Å². The molecule has 1 aliphatic rings. The number of ketones is 2. The minimum absolute atomic E-state index is 0.121. The molecule has 1 aliphatic heterocycles. The lowest BCUT2D eigenvalue weighted by Gasteiger charge is -2.14. The summed E-state index contributed by atoms with van der Waals surface area (Å²) in [6.07, 6.45) is 5.02. The monoisotopic (exact) mass is 477 g/mol. The molecule has 0 spiro atoms. The zero-order valence-corrected chi connectivity index (χ0v) is 19.8. The predicted molar refractivity (Wildman–Crippen MR) is 137 cm³/mol. The Bertz CT molecular complexity index is 1500. The van der Waals surface area contributed by atoms with E-state index in [-0.39, 0.29) is 12.3 Å². The summed E-state index contributed by atoms with van der Waals surface area (Å²) >= 11 is 0. The first kappa shape index (κ1) is 22.9. The number of rotatable bonds is 7. The van der Waals surface area contributed by atoms with Gasteiger partial charge in [-0.3, -0.25) is 19.3 Å². The summed E-state index contributed by atoms with van der Waals surface area (Å²) in [5, 5.41) is 8.32. The molecule has 1 aromatic heterocycles. The Kier molecular flexibility index (Phi) is 6.00. The molecule has 3 aromatic carbocycles. The summed E-state index contributed by atoms with van der Waals surface area (Å²) in [6, 6.07) is 21.9. The number of hydrogen-bond acceptors (Lipinski definition) is 6. The van der Waals surface area contributed by atoms with E-state index >= 15 is 0 Å². The number of anilines is 2. The van der Waals surface area contributed by atoms with Crippen LogP contribution in [0.3, 0.4) is 0 Å². The van der Waals surface area contributed by atoms with E-state index in [1.807, 2.05) is 49.3 Å². The molecule has 0 radical (unpaired) electrons. The van der Waals surface area contributed by atoms with Crippen LogP contribution >= 0.6 is 0 Å². The van der Waals surface area contributed by atoms with Crippen molar-refractivity contribution >= 4 is 34.9 Å². The number of aromatic nitrogens is 3. The molecular formula is C28H23N5O3. The topological polar surface area (TPSA) is 88.4 Å². The van der Waals surface area contributed by atoms with Gasteiger partial charge in [0.05, 0.1) is 29.7 Å². The van der Waals surface area contributed by atoms with Gasteiger partial charge in [0.2, 0.25) is 0 Å². The molecule has 8 nitrogen and oxygen atoms in total. The Hall–Kier alpha value is -4.85. The summed E-state index contributed by atoms with van der Waals surface area (Å²) in [5.74, 6) is -1.24. The average molecular weight is 478 g/mol. The van der Waals surface area contributed by atoms with E-state index in [1.165, 1.54) is 4.90 Å². The van der Waals surface area contributed by atoms with E-state index in [9.17, 15) is 14.4 Å². The van der Waals surface area contributed by atoms with Crippen molar-refractivity contribution in [1.29, 1.82) is 0 Å². The smallest absolute Gasteiger partial charge is 0.299 e. The van der Waals surface area contributed by atoms with Crippen molar-refractivity contribution < 1.29 is 14.4 Å². The predicted octanol–water partition coefficient (Wildman–Crippen LogP) is 3.96. The van der Waals surface area contributed by atoms with Gasteiger partial charge in [0.15, 0.2) is 5.78 Å². The van der Waals surface area contributed by atoms with E-state index < -0.39 is 11.7 Å². The molecule has 0 N–H and O–H groups in total. The fraction of sp³-hybridized carbons (Fsp3) is 0.107. The second kappa shape index (κ2) is 9.42. The van der Waals surface area contributed by atoms with Crippen LogP contribution in [0.4, 0.5) is 11.4 Å². The van der Waals surface area contributed by atoms with E-state index in [0.717, 1.165) is 11.3 Å². The van der Waals surface area contributed by atoms with Crippen molar-refractivity contribution in [3.63, 3.8) is 0 Å². The van der Waals surface area contributed by atoms with E-state index in [1.54, 1.807) is 65.5 Å². The highest BCUT2D eigenvalue weighted by Crippen LogP contribution is 2.29. The highest BCUT2D eigenvalue weighted by molar-refractivity contribution is 6.52. The van der Waals surface area contributed by atoms with Gasteiger partial charge in [-0.1, -0.05) is 47.7 Å². The van der Waals surface area contributed by atoms with Gasteiger partial charge in [0.1, 0.15) is 5.69 Å². The molecule has 0 unspecified atom stereocenters. The molecule has 36 heavy (non-hydrogen) atoms. The fourth-order valence-electron chi connectivity index (χ4n) is 4.02. The Balaban J connectivity index is 1.31. The number of Topliss-reactive ketones (excluding diaryl/α,β-unsaturated/α-hetero) is 1. The van der Waals surface area contributed by atoms with Crippen LogP contribution < -0.4 is 9.80 Å². The Morgan fingerprint density at radius 1 is 0.972 bits per heavy atom. The van der Waals surface area contributed by atoms with Gasteiger partial charge in [-0.05, 0) is 48.0 Å². The van der Waals surface area contributed by atoms with Crippen molar-refractivity contribution in [2.24, 2.45) is 0 Å². The summed E-state index contributed by atoms with van der Waals surface area (Å²) in [5.41, 5.74) is 4.67. The molecule has 0 aliphatic carbocycles. The molecule has 0 atom stereocenters. The zero-order valence-electron chi connectivity index (χ0n) is 19.8. The molecule has 4 aromatic rings. The zero-order chi connectivity index (χ0) is 25.2. The van der Waals surface area contributed by atoms with Crippen molar-refractivity contribution in [2.75, 3.05) is 23.9 Å². The van der Waals surface area contributed by atoms with Crippen LogP contribution in [0, 0.1) is 0 Å². The van der Waals surface area contributed by atoms with Crippen LogP contribution in [-0.4, -0.2) is 46.6 Å². The molecule has 0 saturated carbocycles. The van der Waals surface area contributed by atoms with Crippen LogP contribution in [0.5, 0.6) is 0 Å². The highest BCUT2D eigenvalue weighted by atomic mass is 16.2. The Morgan fingerprint density at radius 3 is 2.53 bits per heavy atom. The third kappa shape index (κ3) is 4.44. The van der Waals surface area contributed by atoms with Crippen LogP contribution in [0.1, 0.15) is 32.0 Å². The second-order valence-corrected chi connectivity index (χ2v) is 8.63. The fourth-order valence-corrected chi connectivity index (χ4v) is 4.02. The van der Waals surface area contributed by atoms with Crippen LogP contribution in [0.2, 0.25) is 0 Å². The highest BCUT2D eigenvalue weighted by Gasteiger charge is 2.35. The van der Waals surface area contributed by atoms with Gasteiger partial charge < -0.3 is 4.90 Å². The number of amides is 1. The maximum atomic E-state index is 12.8. The van der Waals surface area contributed by atoms with Crippen molar-refractivity contribution in [3.8, 4) is 5.69 Å². The largest absolute Gasteiger partial charge is 0.378 e. The SMILES string of the molecule is CN(C)c1ccc(/C=C/C(=O)c2cccc(-n3cc(CN4C(=O)C(=O)c5ccccc54)nn3)c2)cc1. The van der Waals surface area contributed by atoms with Crippen molar-refractivity contribution in [2.45, 2.75) is 6.54 Å². The van der Waals surface area contributed by atoms with Gasteiger partial charge >= 0.3 is 0 Å². The summed E-state index contributed by atoms with van der Waals surface area (Å²) in [4.78, 5) is 40.9.